The maximum Gasteiger partial charge on any atom is 0.124 e. The molecular weight excluding hydrogens is 222 g/mol. The Hall–Kier alpha value is -1.28. The average molecular weight is 245 g/mol. The van der Waals surface area contributed by atoms with E-state index in [1.165, 1.54) is 36.8 Å². The van der Waals surface area contributed by atoms with Crippen molar-refractivity contribution in [3.05, 3.63) is 41.5 Å². The van der Waals surface area contributed by atoms with E-state index >= 15 is 0 Å². The number of ether oxygens (including phenoxy) is 1. The second kappa shape index (κ2) is 6.60. The first kappa shape index (κ1) is 13.2. The highest BCUT2D eigenvalue weighted by Crippen LogP contribution is 2.34. The summed E-state index contributed by atoms with van der Waals surface area (Å²) < 4.78 is 5.74. The third-order valence-electron chi connectivity index (χ3n) is 3.52. The molecule has 0 saturated carbocycles. The molecule has 2 heteroatoms. The van der Waals surface area contributed by atoms with E-state index in [-0.39, 0.29) is 0 Å². The van der Waals surface area contributed by atoms with Crippen LogP contribution < -0.4 is 10.1 Å². The van der Waals surface area contributed by atoms with Gasteiger partial charge in [-0.1, -0.05) is 29.8 Å². The van der Waals surface area contributed by atoms with E-state index in [9.17, 15) is 0 Å². The molecule has 0 aliphatic heterocycles. The summed E-state index contributed by atoms with van der Waals surface area (Å²) in [6.45, 7) is 2.75. The molecule has 18 heavy (non-hydrogen) atoms. The van der Waals surface area contributed by atoms with Gasteiger partial charge in [0.15, 0.2) is 0 Å². The van der Waals surface area contributed by atoms with E-state index in [1.807, 2.05) is 20.0 Å². The largest absolute Gasteiger partial charge is 0.494 e. The van der Waals surface area contributed by atoms with Crippen molar-refractivity contribution in [2.24, 2.45) is 0 Å². The molecule has 2 rings (SSSR count). The van der Waals surface area contributed by atoms with Crippen LogP contribution in [0.3, 0.4) is 0 Å². The fraction of sp³-hybridized carbons (Fsp3) is 0.500. The van der Waals surface area contributed by atoms with Crippen molar-refractivity contribution in [3.63, 3.8) is 0 Å². The number of likely N-dealkylation sites (N-methyl/N-ethyl adjacent to an activating group) is 1. The van der Waals surface area contributed by atoms with Crippen LogP contribution in [0.1, 0.15) is 44.2 Å². The molecular formula is C16H23NO. The van der Waals surface area contributed by atoms with Crippen molar-refractivity contribution in [1.29, 1.82) is 0 Å². The van der Waals surface area contributed by atoms with Gasteiger partial charge in [0.25, 0.3) is 0 Å². The van der Waals surface area contributed by atoms with Crippen LogP contribution in [0, 0.1) is 0 Å². The summed E-state index contributed by atoms with van der Waals surface area (Å²) in [4.78, 5) is 0. The summed E-state index contributed by atoms with van der Waals surface area (Å²) in [5.41, 5.74) is 2.77. The van der Waals surface area contributed by atoms with Crippen molar-refractivity contribution in [3.8, 4) is 5.75 Å². The number of para-hydroxylation sites is 1. The molecule has 1 unspecified atom stereocenters. The molecule has 1 aromatic carbocycles. The zero-order valence-corrected chi connectivity index (χ0v) is 11.4. The second-order valence-corrected chi connectivity index (χ2v) is 4.72. The van der Waals surface area contributed by atoms with E-state index in [4.69, 9.17) is 4.74 Å². The molecule has 1 N–H and O–H groups in total. The van der Waals surface area contributed by atoms with E-state index in [2.05, 4.69) is 29.6 Å². The predicted molar refractivity (Wildman–Crippen MR) is 76.0 cm³/mol. The van der Waals surface area contributed by atoms with Crippen LogP contribution >= 0.6 is 0 Å². The van der Waals surface area contributed by atoms with Crippen LogP contribution in [0.5, 0.6) is 5.75 Å². The molecule has 0 radical (unpaired) electrons. The third-order valence-corrected chi connectivity index (χ3v) is 3.52. The standard InChI is InChI=1S/C16H23NO/c1-3-18-15-12-8-7-11-14(15)16(17-2)13-9-5-4-6-10-13/h7-9,11-12,16-17H,3-6,10H2,1-2H3. The molecule has 0 bridgehead atoms. The fourth-order valence-corrected chi connectivity index (χ4v) is 2.67. The summed E-state index contributed by atoms with van der Waals surface area (Å²) in [5, 5.41) is 3.44. The predicted octanol–water partition coefficient (Wildman–Crippen LogP) is 3.85. The van der Waals surface area contributed by atoms with Gasteiger partial charge in [-0.3, -0.25) is 0 Å². The zero-order chi connectivity index (χ0) is 12.8. The first-order valence-corrected chi connectivity index (χ1v) is 6.94. The Balaban J connectivity index is 2.29. The first-order valence-electron chi connectivity index (χ1n) is 6.94. The average Bonchev–Trinajstić information content (AvgIpc) is 2.43. The van der Waals surface area contributed by atoms with Gasteiger partial charge in [0.1, 0.15) is 5.75 Å². The fourth-order valence-electron chi connectivity index (χ4n) is 2.67. The molecule has 0 spiro atoms. The highest BCUT2D eigenvalue weighted by molar-refractivity contribution is 5.40. The van der Waals surface area contributed by atoms with Crippen molar-refractivity contribution in [2.45, 2.75) is 38.6 Å². The van der Waals surface area contributed by atoms with Crippen LogP contribution in [-0.4, -0.2) is 13.7 Å². The third kappa shape index (κ3) is 2.94. The first-order chi connectivity index (χ1) is 8.86. The SMILES string of the molecule is CCOc1ccccc1C(NC)C1=CCCCC1. The minimum absolute atomic E-state index is 0.299. The minimum Gasteiger partial charge on any atom is -0.494 e. The van der Waals surface area contributed by atoms with E-state index in [0.29, 0.717) is 12.6 Å². The Morgan fingerprint density at radius 3 is 2.78 bits per heavy atom. The molecule has 1 aromatic rings. The van der Waals surface area contributed by atoms with Crippen molar-refractivity contribution < 1.29 is 4.74 Å². The van der Waals surface area contributed by atoms with Gasteiger partial charge in [0.2, 0.25) is 0 Å². The van der Waals surface area contributed by atoms with Crippen LogP contribution in [0.25, 0.3) is 0 Å². The lowest BCUT2D eigenvalue weighted by Gasteiger charge is -2.25. The van der Waals surface area contributed by atoms with Crippen LogP contribution in [0.2, 0.25) is 0 Å². The molecule has 0 amide bonds. The summed E-state index contributed by atoms with van der Waals surface area (Å²) in [6.07, 6.45) is 7.44. The van der Waals surface area contributed by atoms with Gasteiger partial charge < -0.3 is 10.1 Å². The molecule has 1 atom stereocenters. The van der Waals surface area contributed by atoms with Crippen molar-refractivity contribution >= 4 is 0 Å². The molecule has 1 aliphatic carbocycles. The van der Waals surface area contributed by atoms with Gasteiger partial charge in [0, 0.05) is 5.56 Å². The topological polar surface area (TPSA) is 21.3 Å². The highest BCUT2D eigenvalue weighted by Gasteiger charge is 2.19. The number of rotatable bonds is 5. The van der Waals surface area contributed by atoms with Gasteiger partial charge in [0.05, 0.1) is 12.6 Å². The van der Waals surface area contributed by atoms with Gasteiger partial charge in [-0.15, -0.1) is 0 Å². The monoisotopic (exact) mass is 245 g/mol. The summed E-state index contributed by atoms with van der Waals surface area (Å²) in [6, 6.07) is 8.66. The van der Waals surface area contributed by atoms with Crippen LogP contribution in [-0.2, 0) is 0 Å². The lowest BCUT2D eigenvalue weighted by atomic mass is 9.89. The van der Waals surface area contributed by atoms with E-state index in [1.54, 1.807) is 0 Å². The second-order valence-electron chi connectivity index (χ2n) is 4.72. The van der Waals surface area contributed by atoms with E-state index in [0.717, 1.165) is 5.75 Å². The lowest BCUT2D eigenvalue weighted by molar-refractivity contribution is 0.333. The molecule has 2 nitrogen and oxygen atoms in total. The zero-order valence-electron chi connectivity index (χ0n) is 11.4. The lowest BCUT2D eigenvalue weighted by Crippen LogP contribution is -2.20. The molecule has 0 fully saturated rings. The Morgan fingerprint density at radius 2 is 2.11 bits per heavy atom. The van der Waals surface area contributed by atoms with E-state index < -0.39 is 0 Å². The molecule has 0 heterocycles. The number of allylic oxidation sites excluding steroid dienone is 1. The highest BCUT2D eigenvalue weighted by atomic mass is 16.5. The smallest absolute Gasteiger partial charge is 0.124 e. The van der Waals surface area contributed by atoms with Crippen molar-refractivity contribution in [2.75, 3.05) is 13.7 Å². The Labute approximate surface area is 110 Å². The molecule has 98 valence electrons. The van der Waals surface area contributed by atoms with Gasteiger partial charge >= 0.3 is 0 Å². The summed E-state index contributed by atoms with van der Waals surface area (Å²) in [5.74, 6) is 1.01. The van der Waals surface area contributed by atoms with Gasteiger partial charge in [-0.05, 0) is 45.7 Å². The quantitative estimate of drug-likeness (QED) is 0.796. The Bertz CT molecular complexity index is 411. The number of benzene rings is 1. The maximum atomic E-state index is 5.74. The number of hydrogen-bond donors (Lipinski definition) is 1. The minimum atomic E-state index is 0.299. The number of hydrogen-bond acceptors (Lipinski definition) is 2. The Kier molecular flexibility index (Phi) is 4.82. The summed E-state index contributed by atoms with van der Waals surface area (Å²) >= 11 is 0. The number of nitrogens with one attached hydrogen (secondary N) is 1. The van der Waals surface area contributed by atoms with Crippen LogP contribution in [0.15, 0.2) is 35.9 Å². The normalized spacial score (nSPS) is 17.1. The molecule has 0 saturated heterocycles. The molecule has 1 aliphatic rings. The summed E-state index contributed by atoms with van der Waals surface area (Å²) in [7, 11) is 2.03. The molecule has 0 aromatic heterocycles. The van der Waals surface area contributed by atoms with Gasteiger partial charge in [-0.2, -0.15) is 0 Å². The van der Waals surface area contributed by atoms with Crippen molar-refractivity contribution in [1.82, 2.24) is 5.32 Å². The van der Waals surface area contributed by atoms with Crippen LogP contribution in [0.4, 0.5) is 0 Å². The van der Waals surface area contributed by atoms with Gasteiger partial charge in [-0.25, -0.2) is 0 Å². The maximum absolute atomic E-state index is 5.74. The Morgan fingerprint density at radius 1 is 1.28 bits per heavy atom.